The van der Waals surface area contributed by atoms with E-state index in [0.717, 1.165) is 32.4 Å². The summed E-state index contributed by atoms with van der Waals surface area (Å²) in [6, 6.07) is 15.0. The smallest absolute Gasteiger partial charge is 0.338 e. The summed E-state index contributed by atoms with van der Waals surface area (Å²) in [5, 5.41) is 5.39. The average Bonchev–Trinajstić information content (AvgIpc) is 2.73. The first-order valence-corrected chi connectivity index (χ1v) is 9.30. The fourth-order valence-corrected chi connectivity index (χ4v) is 2.95. The number of piperidine rings is 1. The highest BCUT2D eigenvalue weighted by molar-refractivity contribution is 6.00. The number of para-hydroxylation sites is 1. The summed E-state index contributed by atoms with van der Waals surface area (Å²) in [5.74, 6) is -0.727. The van der Waals surface area contributed by atoms with Crippen molar-refractivity contribution >= 4 is 29.3 Å². The summed E-state index contributed by atoms with van der Waals surface area (Å²) in [7, 11) is 0. The van der Waals surface area contributed by atoms with E-state index in [2.05, 4.69) is 10.6 Å². The average molecular weight is 381 g/mol. The molecular weight excluding hydrogens is 358 g/mol. The van der Waals surface area contributed by atoms with Crippen molar-refractivity contribution in [3.05, 3.63) is 60.2 Å². The van der Waals surface area contributed by atoms with Crippen LogP contribution in [-0.4, -0.2) is 42.5 Å². The van der Waals surface area contributed by atoms with Gasteiger partial charge in [0.05, 0.1) is 5.56 Å². The van der Waals surface area contributed by atoms with E-state index >= 15 is 0 Å². The van der Waals surface area contributed by atoms with Gasteiger partial charge in [0, 0.05) is 24.5 Å². The van der Waals surface area contributed by atoms with Gasteiger partial charge in [-0.3, -0.25) is 4.79 Å². The Morgan fingerprint density at radius 2 is 1.43 bits per heavy atom. The lowest BCUT2D eigenvalue weighted by Crippen LogP contribution is -2.38. The predicted octanol–water partition coefficient (Wildman–Crippen LogP) is 3.50. The molecule has 3 rings (SSSR count). The molecule has 1 fully saturated rings. The second kappa shape index (κ2) is 9.55. The van der Waals surface area contributed by atoms with Crippen LogP contribution in [0.15, 0.2) is 54.6 Å². The third-order valence-electron chi connectivity index (χ3n) is 4.45. The molecule has 0 saturated carbocycles. The Hall–Kier alpha value is -3.35. The summed E-state index contributed by atoms with van der Waals surface area (Å²) in [6.07, 6.45) is 3.12. The molecule has 7 heteroatoms. The van der Waals surface area contributed by atoms with Crippen LogP contribution in [0, 0.1) is 0 Å². The summed E-state index contributed by atoms with van der Waals surface area (Å²) in [6.45, 7) is 1.20. The summed E-state index contributed by atoms with van der Waals surface area (Å²) < 4.78 is 5.11. The Kier molecular flexibility index (Phi) is 6.62. The van der Waals surface area contributed by atoms with E-state index in [1.54, 1.807) is 41.3 Å². The molecule has 146 valence electrons. The van der Waals surface area contributed by atoms with Crippen molar-refractivity contribution in [1.82, 2.24) is 4.90 Å². The van der Waals surface area contributed by atoms with Gasteiger partial charge in [-0.1, -0.05) is 18.2 Å². The molecule has 28 heavy (non-hydrogen) atoms. The van der Waals surface area contributed by atoms with E-state index in [9.17, 15) is 14.4 Å². The van der Waals surface area contributed by atoms with E-state index in [1.807, 2.05) is 18.2 Å². The Morgan fingerprint density at radius 1 is 0.821 bits per heavy atom. The zero-order valence-electron chi connectivity index (χ0n) is 15.5. The molecule has 1 aliphatic rings. The van der Waals surface area contributed by atoms with Gasteiger partial charge in [0.15, 0.2) is 6.61 Å². The number of urea groups is 1. The highest BCUT2D eigenvalue weighted by Crippen LogP contribution is 2.13. The molecule has 1 aliphatic heterocycles. The number of benzene rings is 2. The Morgan fingerprint density at radius 3 is 2.07 bits per heavy atom. The summed E-state index contributed by atoms with van der Waals surface area (Å²) >= 11 is 0. The highest BCUT2D eigenvalue weighted by atomic mass is 16.5. The van der Waals surface area contributed by atoms with Crippen molar-refractivity contribution in [2.75, 3.05) is 30.3 Å². The number of nitrogens with zero attached hydrogens (tertiary/aromatic N) is 1. The van der Waals surface area contributed by atoms with Crippen LogP contribution in [0.2, 0.25) is 0 Å². The van der Waals surface area contributed by atoms with Crippen LogP contribution in [0.1, 0.15) is 29.6 Å². The fraction of sp³-hybridized carbons (Fsp3) is 0.286. The molecule has 2 N–H and O–H groups in total. The second-order valence-electron chi connectivity index (χ2n) is 6.54. The molecule has 2 aromatic carbocycles. The zero-order valence-corrected chi connectivity index (χ0v) is 15.5. The Bertz CT molecular complexity index is 815. The molecule has 0 radical (unpaired) electrons. The first kappa shape index (κ1) is 19.4. The fourth-order valence-electron chi connectivity index (χ4n) is 2.95. The molecular formula is C21H23N3O4. The van der Waals surface area contributed by atoms with Crippen molar-refractivity contribution in [3.63, 3.8) is 0 Å². The minimum Gasteiger partial charge on any atom is -0.452 e. The second-order valence-corrected chi connectivity index (χ2v) is 6.54. The number of anilines is 2. The predicted molar refractivity (Wildman–Crippen MR) is 106 cm³/mol. The number of hydrogen-bond donors (Lipinski definition) is 2. The lowest BCUT2D eigenvalue weighted by molar-refractivity contribution is -0.135. The topological polar surface area (TPSA) is 87.7 Å². The van der Waals surface area contributed by atoms with E-state index in [4.69, 9.17) is 4.74 Å². The van der Waals surface area contributed by atoms with Gasteiger partial charge in [-0.2, -0.15) is 0 Å². The van der Waals surface area contributed by atoms with Gasteiger partial charge >= 0.3 is 12.0 Å². The number of esters is 1. The maximum Gasteiger partial charge on any atom is 0.338 e. The van der Waals surface area contributed by atoms with Crippen molar-refractivity contribution < 1.29 is 19.1 Å². The van der Waals surface area contributed by atoms with Crippen LogP contribution in [0.4, 0.5) is 16.2 Å². The normalized spacial score (nSPS) is 13.5. The van der Waals surface area contributed by atoms with Crippen molar-refractivity contribution in [1.29, 1.82) is 0 Å². The van der Waals surface area contributed by atoms with Gasteiger partial charge in [-0.15, -0.1) is 0 Å². The largest absolute Gasteiger partial charge is 0.452 e. The maximum atomic E-state index is 12.1. The molecule has 0 aliphatic carbocycles. The van der Waals surface area contributed by atoms with Gasteiger partial charge < -0.3 is 20.3 Å². The SMILES string of the molecule is O=C(Nc1ccccc1)Nc1ccc(C(=O)OCC(=O)N2CCCCC2)cc1. The van der Waals surface area contributed by atoms with Crippen molar-refractivity contribution in [2.45, 2.75) is 19.3 Å². The molecule has 7 nitrogen and oxygen atoms in total. The third kappa shape index (κ3) is 5.57. The molecule has 0 spiro atoms. The molecule has 0 atom stereocenters. The number of carbonyl (C=O) groups excluding carboxylic acids is 3. The number of rotatable bonds is 5. The number of nitrogens with one attached hydrogen (secondary N) is 2. The minimum atomic E-state index is -0.564. The van der Waals surface area contributed by atoms with Crippen LogP contribution in [0.5, 0.6) is 0 Å². The Labute approximate surface area is 163 Å². The quantitative estimate of drug-likeness (QED) is 0.776. The van der Waals surface area contributed by atoms with E-state index in [-0.39, 0.29) is 18.5 Å². The van der Waals surface area contributed by atoms with Crippen molar-refractivity contribution in [2.24, 2.45) is 0 Å². The molecule has 1 heterocycles. The lowest BCUT2D eigenvalue weighted by atomic mass is 10.1. The summed E-state index contributed by atoms with van der Waals surface area (Å²) in [4.78, 5) is 37.9. The van der Waals surface area contributed by atoms with Crippen LogP contribution in [-0.2, 0) is 9.53 Å². The first-order valence-electron chi connectivity index (χ1n) is 9.30. The summed E-state index contributed by atoms with van der Waals surface area (Å²) in [5.41, 5.74) is 1.54. The molecule has 3 amide bonds. The number of likely N-dealkylation sites (tertiary alicyclic amines) is 1. The van der Waals surface area contributed by atoms with Crippen LogP contribution < -0.4 is 10.6 Å². The number of hydrogen-bond acceptors (Lipinski definition) is 4. The number of carbonyl (C=O) groups is 3. The molecule has 2 aromatic rings. The first-order chi connectivity index (χ1) is 13.6. The van der Waals surface area contributed by atoms with E-state index in [1.165, 1.54) is 0 Å². The zero-order chi connectivity index (χ0) is 19.8. The van der Waals surface area contributed by atoms with E-state index in [0.29, 0.717) is 16.9 Å². The van der Waals surface area contributed by atoms with Crippen molar-refractivity contribution in [3.8, 4) is 0 Å². The van der Waals surface area contributed by atoms with Gasteiger partial charge in [0.25, 0.3) is 5.91 Å². The van der Waals surface area contributed by atoms with Gasteiger partial charge in [0.1, 0.15) is 0 Å². The standard InChI is InChI=1S/C21H23N3O4/c25-19(24-13-5-2-6-14-24)15-28-20(26)16-9-11-18(12-10-16)23-21(27)22-17-7-3-1-4-8-17/h1,3-4,7-12H,2,5-6,13-15H2,(H2,22,23,27). The van der Waals surface area contributed by atoms with Gasteiger partial charge in [-0.05, 0) is 55.7 Å². The minimum absolute atomic E-state index is 0.163. The monoisotopic (exact) mass is 381 g/mol. The highest BCUT2D eigenvalue weighted by Gasteiger charge is 2.18. The Balaban J connectivity index is 1.47. The molecule has 1 saturated heterocycles. The van der Waals surface area contributed by atoms with Crippen LogP contribution in [0.25, 0.3) is 0 Å². The molecule has 0 unspecified atom stereocenters. The van der Waals surface area contributed by atoms with Crippen LogP contribution >= 0.6 is 0 Å². The van der Waals surface area contributed by atoms with Gasteiger partial charge in [0.2, 0.25) is 0 Å². The number of ether oxygens (including phenoxy) is 1. The lowest BCUT2D eigenvalue weighted by Gasteiger charge is -2.26. The third-order valence-corrected chi connectivity index (χ3v) is 4.45. The van der Waals surface area contributed by atoms with Crippen LogP contribution in [0.3, 0.4) is 0 Å². The molecule has 0 aromatic heterocycles. The molecule has 0 bridgehead atoms. The number of amides is 3. The maximum absolute atomic E-state index is 12.1. The van der Waals surface area contributed by atoms with E-state index < -0.39 is 5.97 Å². The van der Waals surface area contributed by atoms with Gasteiger partial charge in [-0.25, -0.2) is 9.59 Å².